The second kappa shape index (κ2) is 7.09. The summed E-state index contributed by atoms with van der Waals surface area (Å²) in [6.45, 7) is 4.77. The molecule has 0 aliphatic rings. The highest BCUT2D eigenvalue weighted by molar-refractivity contribution is 9.11. The van der Waals surface area contributed by atoms with Crippen LogP contribution in [0.5, 0.6) is 0 Å². The van der Waals surface area contributed by atoms with Crippen LogP contribution < -0.4 is 10.6 Å². The average molecular weight is 412 g/mol. The van der Waals surface area contributed by atoms with E-state index in [1.54, 1.807) is 0 Å². The van der Waals surface area contributed by atoms with Crippen molar-refractivity contribution in [2.45, 2.75) is 13.8 Å². The standard InChI is InChI=1S/C16H16Br2N2O/c1-3-19-14-7-5-4-6-11(14)16(21)20-15-12(17)8-10(2)9-13(15)18/h4-9,19H,3H2,1-2H3,(H,20,21). The molecule has 0 bridgehead atoms. The van der Waals surface area contributed by atoms with Crippen molar-refractivity contribution in [3.8, 4) is 0 Å². The number of anilines is 2. The molecule has 2 rings (SSSR count). The van der Waals surface area contributed by atoms with E-state index < -0.39 is 0 Å². The first-order valence-electron chi connectivity index (χ1n) is 6.62. The topological polar surface area (TPSA) is 41.1 Å². The summed E-state index contributed by atoms with van der Waals surface area (Å²) in [7, 11) is 0. The van der Waals surface area contributed by atoms with Crippen molar-refractivity contribution in [3.63, 3.8) is 0 Å². The van der Waals surface area contributed by atoms with Gasteiger partial charge in [0.05, 0.1) is 11.3 Å². The van der Waals surface area contributed by atoms with Crippen molar-refractivity contribution < 1.29 is 4.79 Å². The van der Waals surface area contributed by atoms with Gasteiger partial charge in [0.1, 0.15) is 0 Å². The van der Waals surface area contributed by atoms with Crippen LogP contribution in [0.3, 0.4) is 0 Å². The van der Waals surface area contributed by atoms with Gasteiger partial charge in [-0.1, -0.05) is 12.1 Å². The zero-order valence-corrected chi connectivity index (χ0v) is 15.0. The summed E-state index contributed by atoms with van der Waals surface area (Å²) in [6.07, 6.45) is 0. The highest BCUT2D eigenvalue weighted by atomic mass is 79.9. The largest absolute Gasteiger partial charge is 0.385 e. The Balaban J connectivity index is 2.31. The highest BCUT2D eigenvalue weighted by Crippen LogP contribution is 2.33. The first-order chi connectivity index (χ1) is 10.0. The predicted octanol–water partition coefficient (Wildman–Crippen LogP) is 5.20. The molecule has 2 aromatic rings. The molecule has 21 heavy (non-hydrogen) atoms. The van der Waals surface area contributed by atoms with E-state index in [4.69, 9.17) is 0 Å². The molecular formula is C16H16Br2N2O. The molecule has 0 saturated heterocycles. The molecule has 0 heterocycles. The van der Waals surface area contributed by atoms with Crippen LogP contribution >= 0.6 is 31.9 Å². The number of rotatable bonds is 4. The molecule has 110 valence electrons. The van der Waals surface area contributed by atoms with Crippen molar-refractivity contribution in [2.75, 3.05) is 17.2 Å². The number of amides is 1. The van der Waals surface area contributed by atoms with Gasteiger partial charge in [-0.25, -0.2) is 0 Å². The fourth-order valence-corrected chi connectivity index (χ4v) is 3.64. The Kier molecular flexibility index (Phi) is 5.42. The summed E-state index contributed by atoms with van der Waals surface area (Å²) in [5, 5.41) is 6.15. The number of carbonyl (C=O) groups is 1. The zero-order chi connectivity index (χ0) is 15.4. The van der Waals surface area contributed by atoms with Crippen LogP contribution in [0.4, 0.5) is 11.4 Å². The second-order valence-electron chi connectivity index (χ2n) is 4.63. The smallest absolute Gasteiger partial charge is 0.257 e. The Morgan fingerprint density at radius 2 is 1.76 bits per heavy atom. The molecule has 0 radical (unpaired) electrons. The minimum atomic E-state index is -0.142. The molecule has 3 nitrogen and oxygen atoms in total. The van der Waals surface area contributed by atoms with Crippen molar-refractivity contribution in [3.05, 3.63) is 56.5 Å². The molecule has 1 amide bonds. The van der Waals surface area contributed by atoms with Gasteiger partial charge < -0.3 is 10.6 Å². The second-order valence-corrected chi connectivity index (χ2v) is 6.34. The number of benzene rings is 2. The van der Waals surface area contributed by atoms with Crippen LogP contribution in [0.1, 0.15) is 22.8 Å². The number of halogens is 2. The van der Waals surface area contributed by atoms with Crippen molar-refractivity contribution in [2.24, 2.45) is 0 Å². The molecule has 5 heteroatoms. The first-order valence-corrected chi connectivity index (χ1v) is 8.21. The number of hydrogen-bond acceptors (Lipinski definition) is 2. The quantitative estimate of drug-likeness (QED) is 0.725. The molecule has 0 fully saturated rings. The van der Waals surface area contributed by atoms with Crippen LogP contribution in [0.25, 0.3) is 0 Å². The van der Waals surface area contributed by atoms with E-state index in [2.05, 4.69) is 42.5 Å². The van der Waals surface area contributed by atoms with Crippen LogP contribution in [-0.4, -0.2) is 12.5 Å². The Morgan fingerprint density at radius 3 is 2.38 bits per heavy atom. The maximum Gasteiger partial charge on any atom is 0.257 e. The summed E-state index contributed by atoms with van der Waals surface area (Å²) < 4.78 is 1.70. The van der Waals surface area contributed by atoms with E-state index in [-0.39, 0.29) is 5.91 Å². The van der Waals surface area contributed by atoms with Crippen LogP contribution in [0.15, 0.2) is 45.3 Å². The fraction of sp³-hybridized carbons (Fsp3) is 0.188. The van der Waals surface area contributed by atoms with E-state index in [9.17, 15) is 4.79 Å². The van der Waals surface area contributed by atoms with Gasteiger partial charge in [0.15, 0.2) is 0 Å². The van der Waals surface area contributed by atoms with Crippen molar-refractivity contribution in [1.29, 1.82) is 0 Å². The third kappa shape index (κ3) is 3.86. The summed E-state index contributed by atoms with van der Waals surface area (Å²) in [6, 6.07) is 11.4. The summed E-state index contributed by atoms with van der Waals surface area (Å²) >= 11 is 6.98. The van der Waals surface area contributed by atoms with Gasteiger partial charge >= 0.3 is 0 Å². The maximum atomic E-state index is 12.5. The van der Waals surface area contributed by atoms with Crippen molar-refractivity contribution in [1.82, 2.24) is 0 Å². The first kappa shape index (κ1) is 16.0. The molecule has 0 atom stereocenters. The molecule has 2 N–H and O–H groups in total. The number of aryl methyl sites for hydroxylation is 1. The normalized spacial score (nSPS) is 10.3. The third-order valence-corrected chi connectivity index (χ3v) is 4.21. The lowest BCUT2D eigenvalue weighted by molar-refractivity contribution is 0.102. The lowest BCUT2D eigenvalue weighted by atomic mass is 10.1. The molecule has 0 saturated carbocycles. The van der Waals surface area contributed by atoms with E-state index in [0.717, 1.165) is 32.4 Å². The van der Waals surface area contributed by atoms with Crippen LogP contribution in [0, 0.1) is 6.92 Å². The number of carbonyl (C=O) groups excluding carboxylic acids is 1. The van der Waals surface area contributed by atoms with Crippen molar-refractivity contribution >= 4 is 49.1 Å². The van der Waals surface area contributed by atoms with Gasteiger partial charge in [0, 0.05) is 21.2 Å². The highest BCUT2D eigenvalue weighted by Gasteiger charge is 2.14. The van der Waals surface area contributed by atoms with Gasteiger partial charge in [0.25, 0.3) is 5.91 Å². The molecule has 0 spiro atoms. The Bertz CT molecular complexity index is 648. The summed E-state index contributed by atoms with van der Waals surface area (Å²) in [5.41, 5.74) is 3.30. The lowest BCUT2D eigenvalue weighted by Gasteiger charge is -2.13. The van der Waals surface area contributed by atoms with Gasteiger partial charge in [-0.15, -0.1) is 0 Å². The van der Waals surface area contributed by atoms with E-state index in [1.807, 2.05) is 50.2 Å². The Labute approximate surface area is 141 Å². The van der Waals surface area contributed by atoms with Crippen LogP contribution in [0.2, 0.25) is 0 Å². The van der Waals surface area contributed by atoms with E-state index in [1.165, 1.54) is 0 Å². The van der Waals surface area contributed by atoms with Gasteiger partial charge in [-0.3, -0.25) is 4.79 Å². The molecule has 0 aliphatic heterocycles. The lowest BCUT2D eigenvalue weighted by Crippen LogP contribution is -2.15. The van der Waals surface area contributed by atoms with Crippen LogP contribution in [-0.2, 0) is 0 Å². The molecule has 2 aromatic carbocycles. The molecule has 0 aromatic heterocycles. The Hall–Kier alpha value is -1.33. The Morgan fingerprint density at radius 1 is 1.14 bits per heavy atom. The van der Waals surface area contributed by atoms with Gasteiger partial charge in [-0.2, -0.15) is 0 Å². The predicted molar refractivity (Wildman–Crippen MR) is 95.1 cm³/mol. The SMILES string of the molecule is CCNc1ccccc1C(=O)Nc1c(Br)cc(C)cc1Br. The third-order valence-electron chi connectivity index (χ3n) is 2.96. The van der Waals surface area contributed by atoms with Gasteiger partial charge in [-0.05, 0) is 75.5 Å². The zero-order valence-electron chi connectivity index (χ0n) is 11.8. The van der Waals surface area contributed by atoms with E-state index in [0.29, 0.717) is 5.56 Å². The summed E-state index contributed by atoms with van der Waals surface area (Å²) in [4.78, 5) is 12.5. The minimum absolute atomic E-state index is 0.142. The van der Waals surface area contributed by atoms with Gasteiger partial charge in [0.2, 0.25) is 0 Å². The summed E-state index contributed by atoms with van der Waals surface area (Å²) in [5.74, 6) is -0.142. The number of para-hydroxylation sites is 1. The minimum Gasteiger partial charge on any atom is -0.385 e. The number of nitrogens with one attached hydrogen (secondary N) is 2. The monoisotopic (exact) mass is 410 g/mol. The fourth-order valence-electron chi connectivity index (χ4n) is 2.03. The maximum absolute atomic E-state index is 12.5. The number of hydrogen-bond donors (Lipinski definition) is 2. The molecular weight excluding hydrogens is 396 g/mol. The average Bonchev–Trinajstić information content (AvgIpc) is 2.43. The molecule has 0 unspecified atom stereocenters. The van der Waals surface area contributed by atoms with E-state index >= 15 is 0 Å². The molecule has 0 aliphatic carbocycles.